The molecule has 0 atom stereocenters. The number of H-pyrrole nitrogens is 1. The van der Waals surface area contributed by atoms with E-state index in [0.717, 1.165) is 0 Å². The molecule has 6 heteroatoms. The molecule has 0 aliphatic rings. The Labute approximate surface area is 97.5 Å². The topological polar surface area (TPSA) is 99.6 Å². The number of aromatic hydroxyl groups is 1. The fourth-order valence-corrected chi connectivity index (χ4v) is 1.18. The minimum absolute atomic E-state index is 0.181. The van der Waals surface area contributed by atoms with Crippen LogP contribution in [-0.4, -0.2) is 27.1 Å². The molecule has 0 unspecified atom stereocenters. The van der Waals surface area contributed by atoms with Gasteiger partial charge in [0.05, 0.1) is 6.21 Å². The summed E-state index contributed by atoms with van der Waals surface area (Å²) < 4.78 is 0. The number of amidine groups is 1. The number of nitrogens with one attached hydrogen (secondary N) is 1. The number of phenols is 1. The SMILES string of the molecule is N/C(=N\N=C\c1ncc[nH]1)c1ccc(O)cc1. The monoisotopic (exact) mass is 229 g/mol. The Balaban J connectivity index is 2.09. The summed E-state index contributed by atoms with van der Waals surface area (Å²) in [6, 6.07) is 6.40. The molecule has 0 fully saturated rings. The van der Waals surface area contributed by atoms with Crippen molar-refractivity contribution in [2.24, 2.45) is 15.9 Å². The van der Waals surface area contributed by atoms with Gasteiger partial charge in [0.2, 0.25) is 0 Å². The number of nitrogens with two attached hydrogens (primary N) is 1. The Morgan fingerprint density at radius 3 is 2.76 bits per heavy atom. The summed E-state index contributed by atoms with van der Waals surface area (Å²) in [6.07, 6.45) is 4.77. The smallest absolute Gasteiger partial charge is 0.153 e. The second kappa shape index (κ2) is 4.93. The summed E-state index contributed by atoms with van der Waals surface area (Å²) in [6.45, 7) is 0. The summed E-state index contributed by atoms with van der Waals surface area (Å²) >= 11 is 0. The van der Waals surface area contributed by atoms with Crippen molar-refractivity contribution in [3.8, 4) is 5.75 Å². The summed E-state index contributed by atoms with van der Waals surface area (Å²) in [5, 5.41) is 16.7. The predicted octanol–water partition coefficient (Wildman–Crippen LogP) is 0.855. The van der Waals surface area contributed by atoms with Gasteiger partial charge in [0.1, 0.15) is 11.6 Å². The van der Waals surface area contributed by atoms with Gasteiger partial charge in [-0.2, -0.15) is 5.10 Å². The van der Waals surface area contributed by atoms with Gasteiger partial charge in [0.15, 0.2) is 5.84 Å². The van der Waals surface area contributed by atoms with Crippen LogP contribution in [0, 0.1) is 0 Å². The molecular formula is C11H11N5O. The number of phenolic OH excluding ortho intramolecular Hbond substituents is 1. The normalized spacial score (nSPS) is 12.1. The molecule has 86 valence electrons. The minimum Gasteiger partial charge on any atom is -0.508 e. The highest BCUT2D eigenvalue weighted by Crippen LogP contribution is 2.09. The van der Waals surface area contributed by atoms with E-state index in [0.29, 0.717) is 11.4 Å². The van der Waals surface area contributed by atoms with Gasteiger partial charge in [-0.1, -0.05) is 0 Å². The van der Waals surface area contributed by atoms with Crippen LogP contribution in [0.25, 0.3) is 0 Å². The zero-order chi connectivity index (χ0) is 12.1. The van der Waals surface area contributed by atoms with Crippen molar-refractivity contribution in [3.63, 3.8) is 0 Å². The Morgan fingerprint density at radius 2 is 2.12 bits per heavy atom. The first-order valence-electron chi connectivity index (χ1n) is 4.91. The van der Waals surface area contributed by atoms with Gasteiger partial charge in [-0.3, -0.25) is 0 Å². The number of rotatable bonds is 3. The van der Waals surface area contributed by atoms with Crippen molar-refractivity contribution < 1.29 is 5.11 Å². The fraction of sp³-hybridized carbons (Fsp3) is 0. The van der Waals surface area contributed by atoms with Crippen LogP contribution in [-0.2, 0) is 0 Å². The third-order valence-electron chi connectivity index (χ3n) is 2.03. The first-order valence-corrected chi connectivity index (χ1v) is 4.91. The third-order valence-corrected chi connectivity index (χ3v) is 2.03. The lowest BCUT2D eigenvalue weighted by molar-refractivity contribution is 0.475. The quantitative estimate of drug-likeness (QED) is 0.413. The molecule has 2 rings (SSSR count). The van der Waals surface area contributed by atoms with E-state index < -0.39 is 0 Å². The number of hydrogen-bond donors (Lipinski definition) is 3. The number of aromatic nitrogens is 2. The first-order chi connectivity index (χ1) is 8.25. The van der Waals surface area contributed by atoms with Crippen LogP contribution in [0.4, 0.5) is 0 Å². The van der Waals surface area contributed by atoms with E-state index in [1.165, 1.54) is 18.3 Å². The molecule has 6 nitrogen and oxygen atoms in total. The molecule has 0 aliphatic heterocycles. The molecule has 1 aromatic carbocycles. The molecule has 0 saturated carbocycles. The lowest BCUT2D eigenvalue weighted by Gasteiger charge is -1.97. The number of nitrogens with zero attached hydrogens (tertiary/aromatic N) is 3. The molecule has 17 heavy (non-hydrogen) atoms. The van der Waals surface area contributed by atoms with Gasteiger partial charge in [-0.05, 0) is 24.3 Å². The number of imidazole rings is 1. The van der Waals surface area contributed by atoms with E-state index in [1.54, 1.807) is 24.5 Å². The first kappa shape index (κ1) is 10.9. The molecule has 0 amide bonds. The zero-order valence-electron chi connectivity index (χ0n) is 8.91. The predicted molar refractivity (Wildman–Crippen MR) is 65.0 cm³/mol. The van der Waals surface area contributed by atoms with Crippen LogP contribution in [0.2, 0.25) is 0 Å². The number of aromatic amines is 1. The average molecular weight is 229 g/mol. The number of hydrogen-bond acceptors (Lipinski definition) is 4. The number of benzene rings is 1. The minimum atomic E-state index is 0.181. The fourth-order valence-electron chi connectivity index (χ4n) is 1.18. The van der Waals surface area contributed by atoms with Crippen molar-refractivity contribution >= 4 is 12.1 Å². The van der Waals surface area contributed by atoms with Crippen LogP contribution in [0.3, 0.4) is 0 Å². The lowest BCUT2D eigenvalue weighted by Crippen LogP contribution is -2.12. The highest BCUT2D eigenvalue weighted by Gasteiger charge is 1.97. The average Bonchev–Trinajstić information content (AvgIpc) is 2.83. The van der Waals surface area contributed by atoms with Gasteiger partial charge in [-0.15, -0.1) is 5.10 Å². The Bertz CT molecular complexity index is 527. The van der Waals surface area contributed by atoms with Crippen LogP contribution < -0.4 is 5.73 Å². The van der Waals surface area contributed by atoms with Crippen LogP contribution in [0.5, 0.6) is 5.75 Å². The molecule has 0 radical (unpaired) electrons. The largest absolute Gasteiger partial charge is 0.508 e. The summed E-state index contributed by atoms with van der Waals surface area (Å²) in [5.41, 5.74) is 6.40. The molecular weight excluding hydrogens is 218 g/mol. The molecule has 0 spiro atoms. The zero-order valence-corrected chi connectivity index (χ0v) is 8.91. The standard InChI is InChI=1S/C11H11N5O/c12-11(8-1-3-9(17)4-2-8)16-15-7-10-13-5-6-14-10/h1-7,17H,(H2,12,16)(H,13,14)/b15-7+. The van der Waals surface area contributed by atoms with Crippen molar-refractivity contribution in [1.29, 1.82) is 0 Å². The van der Waals surface area contributed by atoms with Gasteiger partial charge in [0.25, 0.3) is 0 Å². The van der Waals surface area contributed by atoms with E-state index in [4.69, 9.17) is 10.8 Å². The van der Waals surface area contributed by atoms with Crippen LogP contribution >= 0.6 is 0 Å². The third kappa shape index (κ3) is 2.91. The van der Waals surface area contributed by atoms with Crippen molar-refractivity contribution in [1.82, 2.24) is 9.97 Å². The maximum Gasteiger partial charge on any atom is 0.153 e. The highest BCUT2D eigenvalue weighted by molar-refractivity contribution is 5.97. The molecule has 4 N–H and O–H groups in total. The molecule has 1 aromatic heterocycles. The summed E-state index contributed by atoms with van der Waals surface area (Å²) in [7, 11) is 0. The maximum absolute atomic E-state index is 9.12. The van der Waals surface area contributed by atoms with Gasteiger partial charge in [0, 0.05) is 18.0 Å². The van der Waals surface area contributed by atoms with E-state index in [2.05, 4.69) is 20.2 Å². The molecule has 0 aliphatic carbocycles. The van der Waals surface area contributed by atoms with E-state index in [9.17, 15) is 0 Å². The molecule has 1 heterocycles. The summed E-state index contributed by atoms with van der Waals surface area (Å²) in [4.78, 5) is 6.80. The molecule has 2 aromatic rings. The van der Waals surface area contributed by atoms with Crippen LogP contribution in [0.15, 0.2) is 46.9 Å². The second-order valence-corrected chi connectivity index (χ2v) is 3.25. The van der Waals surface area contributed by atoms with E-state index in [1.807, 2.05) is 0 Å². The van der Waals surface area contributed by atoms with Gasteiger partial charge in [-0.25, -0.2) is 4.98 Å². The van der Waals surface area contributed by atoms with Crippen molar-refractivity contribution in [3.05, 3.63) is 48.0 Å². The van der Waals surface area contributed by atoms with Crippen molar-refractivity contribution in [2.75, 3.05) is 0 Å². The molecule has 0 saturated heterocycles. The van der Waals surface area contributed by atoms with Crippen LogP contribution in [0.1, 0.15) is 11.4 Å². The Morgan fingerprint density at radius 1 is 1.35 bits per heavy atom. The van der Waals surface area contributed by atoms with E-state index >= 15 is 0 Å². The van der Waals surface area contributed by atoms with Gasteiger partial charge < -0.3 is 15.8 Å². The Kier molecular flexibility index (Phi) is 3.15. The highest BCUT2D eigenvalue weighted by atomic mass is 16.3. The van der Waals surface area contributed by atoms with Gasteiger partial charge >= 0.3 is 0 Å². The molecule has 0 bridgehead atoms. The maximum atomic E-state index is 9.12. The Hall–Kier alpha value is -2.63. The van der Waals surface area contributed by atoms with Crippen molar-refractivity contribution in [2.45, 2.75) is 0 Å². The summed E-state index contributed by atoms with van der Waals surface area (Å²) in [5.74, 6) is 1.06. The second-order valence-electron chi connectivity index (χ2n) is 3.25. The lowest BCUT2D eigenvalue weighted by atomic mass is 10.2. The van der Waals surface area contributed by atoms with E-state index in [-0.39, 0.29) is 11.6 Å².